The van der Waals surface area contributed by atoms with Crippen LogP contribution in [0.2, 0.25) is 0 Å². The number of thioether (sulfide) groups is 1. The maximum Gasteiger partial charge on any atom is 0.354 e. The lowest BCUT2D eigenvalue weighted by Gasteiger charge is -1.91. The Morgan fingerprint density at radius 2 is 2.31 bits per heavy atom. The SMILES string of the molecule is COC(=O)c1cc(C=CCSC(C)=O)c[nH]1. The number of carbonyl (C=O) groups is 2. The molecular formula is C11H13NO3S. The first-order valence-corrected chi connectivity index (χ1v) is 5.68. The molecule has 1 aromatic rings. The number of methoxy groups -OCH3 is 1. The van der Waals surface area contributed by atoms with Crippen LogP contribution in [-0.2, 0) is 9.53 Å². The molecule has 0 aliphatic heterocycles. The normalized spacial score (nSPS) is 10.6. The van der Waals surface area contributed by atoms with Gasteiger partial charge >= 0.3 is 5.97 Å². The van der Waals surface area contributed by atoms with E-state index in [1.54, 1.807) is 12.3 Å². The molecule has 0 saturated carbocycles. The van der Waals surface area contributed by atoms with Crippen molar-refractivity contribution < 1.29 is 14.3 Å². The minimum absolute atomic E-state index is 0.0916. The first kappa shape index (κ1) is 12.6. The lowest BCUT2D eigenvalue weighted by Crippen LogP contribution is -2.00. The molecule has 0 spiro atoms. The fourth-order valence-electron chi connectivity index (χ4n) is 1.08. The molecule has 0 aliphatic carbocycles. The molecule has 0 bridgehead atoms. The molecule has 4 nitrogen and oxygen atoms in total. The van der Waals surface area contributed by atoms with Gasteiger partial charge < -0.3 is 9.72 Å². The summed E-state index contributed by atoms with van der Waals surface area (Å²) in [5.74, 6) is 0.242. The van der Waals surface area contributed by atoms with E-state index < -0.39 is 5.97 Å². The van der Waals surface area contributed by atoms with Crippen LogP contribution in [0.4, 0.5) is 0 Å². The molecule has 1 heterocycles. The Bertz CT molecular complexity index is 409. The summed E-state index contributed by atoms with van der Waals surface area (Å²) in [6.45, 7) is 1.53. The van der Waals surface area contributed by atoms with Crippen LogP contribution in [0, 0.1) is 0 Å². The number of ether oxygens (including phenoxy) is 1. The van der Waals surface area contributed by atoms with E-state index in [4.69, 9.17) is 0 Å². The summed E-state index contributed by atoms with van der Waals surface area (Å²) in [7, 11) is 1.34. The summed E-state index contributed by atoms with van der Waals surface area (Å²) in [6, 6.07) is 1.70. The van der Waals surface area contributed by atoms with Gasteiger partial charge in [-0.3, -0.25) is 4.79 Å². The van der Waals surface area contributed by atoms with Gasteiger partial charge in [-0.1, -0.05) is 23.9 Å². The molecule has 0 fully saturated rings. The average Bonchev–Trinajstić information content (AvgIpc) is 2.71. The van der Waals surface area contributed by atoms with E-state index in [0.717, 1.165) is 5.56 Å². The second kappa shape index (κ2) is 6.17. The molecular weight excluding hydrogens is 226 g/mol. The summed E-state index contributed by atoms with van der Waals surface area (Å²) in [5.41, 5.74) is 1.30. The number of hydrogen-bond acceptors (Lipinski definition) is 4. The lowest BCUT2D eigenvalue weighted by atomic mass is 10.3. The van der Waals surface area contributed by atoms with Crippen LogP contribution in [0.1, 0.15) is 23.0 Å². The highest BCUT2D eigenvalue weighted by molar-refractivity contribution is 8.13. The lowest BCUT2D eigenvalue weighted by molar-refractivity contribution is -0.109. The molecule has 16 heavy (non-hydrogen) atoms. The quantitative estimate of drug-likeness (QED) is 0.817. The number of aromatic amines is 1. The minimum atomic E-state index is -0.391. The van der Waals surface area contributed by atoms with Crippen molar-refractivity contribution in [1.82, 2.24) is 4.98 Å². The van der Waals surface area contributed by atoms with E-state index in [-0.39, 0.29) is 5.12 Å². The van der Waals surface area contributed by atoms with Crippen molar-refractivity contribution in [3.05, 3.63) is 29.6 Å². The third-order valence-corrected chi connectivity index (χ3v) is 2.57. The van der Waals surface area contributed by atoms with Gasteiger partial charge in [-0.25, -0.2) is 4.79 Å². The van der Waals surface area contributed by atoms with Crippen molar-refractivity contribution in [2.45, 2.75) is 6.92 Å². The van der Waals surface area contributed by atoms with Crippen molar-refractivity contribution in [3.8, 4) is 0 Å². The van der Waals surface area contributed by atoms with Gasteiger partial charge in [0.05, 0.1) is 7.11 Å². The van der Waals surface area contributed by atoms with Crippen LogP contribution in [0.3, 0.4) is 0 Å². The fraction of sp³-hybridized carbons (Fsp3) is 0.273. The van der Waals surface area contributed by atoms with E-state index in [1.165, 1.54) is 25.8 Å². The highest BCUT2D eigenvalue weighted by Gasteiger charge is 2.06. The van der Waals surface area contributed by atoms with Crippen LogP contribution >= 0.6 is 11.8 Å². The van der Waals surface area contributed by atoms with Gasteiger partial charge in [0.15, 0.2) is 5.12 Å². The Labute approximate surface area is 98.1 Å². The third-order valence-electron chi connectivity index (χ3n) is 1.80. The van der Waals surface area contributed by atoms with Gasteiger partial charge in [-0.2, -0.15) is 0 Å². The zero-order chi connectivity index (χ0) is 12.0. The Morgan fingerprint density at radius 3 is 2.94 bits per heavy atom. The van der Waals surface area contributed by atoms with Crippen molar-refractivity contribution in [3.63, 3.8) is 0 Å². The largest absolute Gasteiger partial charge is 0.464 e. The molecule has 0 aromatic carbocycles. The molecule has 86 valence electrons. The average molecular weight is 239 g/mol. The highest BCUT2D eigenvalue weighted by Crippen LogP contribution is 2.08. The predicted molar refractivity (Wildman–Crippen MR) is 64.3 cm³/mol. The van der Waals surface area contributed by atoms with Gasteiger partial charge in [0.1, 0.15) is 5.69 Å². The van der Waals surface area contributed by atoms with E-state index in [2.05, 4.69) is 9.72 Å². The Morgan fingerprint density at radius 1 is 1.56 bits per heavy atom. The number of carbonyl (C=O) groups excluding carboxylic acids is 2. The highest BCUT2D eigenvalue weighted by atomic mass is 32.2. The predicted octanol–water partition coefficient (Wildman–Crippen LogP) is 2.09. The van der Waals surface area contributed by atoms with E-state index >= 15 is 0 Å². The molecule has 1 rings (SSSR count). The third kappa shape index (κ3) is 3.94. The number of esters is 1. The van der Waals surface area contributed by atoms with Gasteiger partial charge in [0, 0.05) is 18.9 Å². The molecule has 1 N–H and O–H groups in total. The van der Waals surface area contributed by atoms with E-state index in [1.807, 2.05) is 12.2 Å². The maximum absolute atomic E-state index is 11.1. The number of H-pyrrole nitrogens is 1. The fourth-order valence-corrected chi connectivity index (χ4v) is 1.51. The maximum atomic E-state index is 11.1. The van der Waals surface area contributed by atoms with Crippen molar-refractivity contribution in [2.75, 3.05) is 12.9 Å². The second-order valence-corrected chi connectivity index (χ2v) is 4.24. The Balaban J connectivity index is 2.52. The second-order valence-electron chi connectivity index (χ2n) is 3.04. The summed E-state index contributed by atoms with van der Waals surface area (Å²) < 4.78 is 4.56. The standard InChI is InChI=1S/C11H13NO3S/c1-8(13)16-5-3-4-9-6-10(12-7-9)11(14)15-2/h3-4,6-7,12H,5H2,1-2H3. The Hall–Kier alpha value is -1.49. The number of aromatic nitrogens is 1. The van der Waals surface area contributed by atoms with Crippen molar-refractivity contribution in [1.29, 1.82) is 0 Å². The summed E-state index contributed by atoms with van der Waals surface area (Å²) in [5, 5.41) is 0.0916. The molecule has 0 atom stereocenters. The molecule has 0 amide bonds. The number of nitrogens with one attached hydrogen (secondary N) is 1. The van der Waals surface area contributed by atoms with Crippen LogP contribution in [0.25, 0.3) is 6.08 Å². The zero-order valence-corrected chi connectivity index (χ0v) is 9.97. The van der Waals surface area contributed by atoms with E-state index in [0.29, 0.717) is 11.4 Å². The first-order chi connectivity index (χ1) is 7.63. The van der Waals surface area contributed by atoms with Crippen LogP contribution in [0.15, 0.2) is 18.3 Å². The number of rotatable bonds is 4. The first-order valence-electron chi connectivity index (χ1n) is 4.70. The summed E-state index contributed by atoms with van der Waals surface area (Å²) in [6.07, 6.45) is 5.43. The van der Waals surface area contributed by atoms with Gasteiger partial charge in [0.25, 0.3) is 0 Å². The zero-order valence-electron chi connectivity index (χ0n) is 9.15. The monoisotopic (exact) mass is 239 g/mol. The van der Waals surface area contributed by atoms with Crippen LogP contribution in [0.5, 0.6) is 0 Å². The number of hydrogen-bond donors (Lipinski definition) is 1. The van der Waals surface area contributed by atoms with Crippen LogP contribution < -0.4 is 0 Å². The molecule has 0 unspecified atom stereocenters. The molecule has 5 heteroatoms. The molecule has 1 aromatic heterocycles. The minimum Gasteiger partial charge on any atom is -0.464 e. The molecule has 0 aliphatic rings. The van der Waals surface area contributed by atoms with Crippen LogP contribution in [-0.4, -0.2) is 28.9 Å². The topological polar surface area (TPSA) is 59.2 Å². The molecule has 0 saturated heterocycles. The van der Waals surface area contributed by atoms with Gasteiger partial charge in [0.2, 0.25) is 0 Å². The van der Waals surface area contributed by atoms with Gasteiger partial charge in [-0.15, -0.1) is 0 Å². The van der Waals surface area contributed by atoms with E-state index in [9.17, 15) is 9.59 Å². The molecule has 0 radical (unpaired) electrons. The van der Waals surface area contributed by atoms with Crippen molar-refractivity contribution >= 4 is 28.9 Å². The summed E-state index contributed by atoms with van der Waals surface area (Å²) >= 11 is 1.24. The smallest absolute Gasteiger partial charge is 0.354 e. The summed E-state index contributed by atoms with van der Waals surface area (Å²) in [4.78, 5) is 24.6. The van der Waals surface area contributed by atoms with Gasteiger partial charge in [-0.05, 0) is 11.6 Å². The Kier molecular flexibility index (Phi) is 4.85. The van der Waals surface area contributed by atoms with Crippen molar-refractivity contribution in [2.24, 2.45) is 0 Å².